The minimum absolute atomic E-state index is 0.592. The van der Waals surface area contributed by atoms with Gasteiger partial charge in [-0.1, -0.05) is 12.8 Å². The molecule has 0 bridgehead atoms. The number of hydrogen-bond donors (Lipinski definition) is 1. The molecular weight excluding hydrogens is 178 g/mol. The number of tetrazole rings is 1. The van der Waals surface area contributed by atoms with E-state index < -0.39 is 0 Å². The van der Waals surface area contributed by atoms with Crippen LogP contribution in [0.3, 0.4) is 0 Å². The van der Waals surface area contributed by atoms with Gasteiger partial charge in [-0.15, -0.1) is 10.2 Å². The lowest BCUT2D eigenvalue weighted by Crippen LogP contribution is -2.11. The number of nitrogens with two attached hydrogens (primary N) is 1. The predicted octanol–water partition coefficient (Wildman–Crippen LogP) is 0.364. The van der Waals surface area contributed by atoms with Crippen molar-refractivity contribution in [1.82, 2.24) is 20.2 Å². The maximum absolute atomic E-state index is 5.42. The molecule has 2 N–H and O–H groups in total. The van der Waals surface area contributed by atoms with Crippen molar-refractivity contribution >= 4 is 0 Å². The topological polar surface area (TPSA) is 69.6 Å². The second-order valence-corrected chi connectivity index (χ2v) is 3.95. The van der Waals surface area contributed by atoms with Crippen molar-refractivity contribution in [2.24, 2.45) is 11.7 Å². The molecule has 1 fully saturated rings. The van der Waals surface area contributed by atoms with E-state index in [1.807, 2.05) is 0 Å². The third kappa shape index (κ3) is 2.29. The van der Waals surface area contributed by atoms with Gasteiger partial charge in [0.05, 0.1) is 6.54 Å². The fraction of sp³-hybridized carbons (Fsp3) is 0.889. The van der Waals surface area contributed by atoms with Crippen molar-refractivity contribution in [2.45, 2.75) is 38.6 Å². The van der Waals surface area contributed by atoms with Crippen molar-refractivity contribution in [3.63, 3.8) is 0 Å². The van der Waals surface area contributed by atoms with E-state index >= 15 is 0 Å². The average Bonchev–Trinajstić information content (AvgIpc) is 2.79. The van der Waals surface area contributed by atoms with E-state index in [0.29, 0.717) is 6.54 Å². The van der Waals surface area contributed by atoms with E-state index in [-0.39, 0.29) is 0 Å². The molecular formula is C9H17N5. The minimum atomic E-state index is 0.592. The van der Waals surface area contributed by atoms with Crippen LogP contribution >= 0.6 is 0 Å². The molecule has 0 saturated heterocycles. The Morgan fingerprint density at radius 3 is 2.86 bits per heavy atom. The van der Waals surface area contributed by atoms with E-state index in [2.05, 4.69) is 15.4 Å². The van der Waals surface area contributed by atoms with E-state index in [1.165, 1.54) is 25.7 Å². The summed E-state index contributed by atoms with van der Waals surface area (Å²) in [6.07, 6.45) is 6.07. The largest absolute Gasteiger partial charge is 0.330 e. The Hall–Kier alpha value is -0.970. The summed E-state index contributed by atoms with van der Waals surface area (Å²) in [6, 6.07) is 0. The van der Waals surface area contributed by atoms with Gasteiger partial charge in [0.15, 0.2) is 5.82 Å². The first-order chi connectivity index (χ1) is 6.88. The number of nitrogens with zero attached hydrogens (tertiary/aromatic N) is 4. The van der Waals surface area contributed by atoms with Gasteiger partial charge >= 0.3 is 0 Å². The van der Waals surface area contributed by atoms with Crippen molar-refractivity contribution < 1.29 is 0 Å². The molecule has 1 aliphatic carbocycles. The van der Waals surface area contributed by atoms with E-state index in [9.17, 15) is 0 Å². The monoisotopic (exact) mass is 195 g/mol. The SMILES string of the molecule is NCCc1nnn(CC2CCCC2)n1. The zero-order valence-corrected chi connectivity index (χ0v) is 8.39. The Labute approximate surface area is 83.7 Å². The summed E-state index contributed by atoms with van der Waals surface area (Å²) < 4.78 is 0. The first-order valence-electron chi connectivity index (χ1n) is 5.35. The molecule has 78 valence electrons. The molecule has 2 rings (SSSR count). The van der Waals surface area contributed by atoms with Crippen molar-refractivity contribution in [1.29, 1.82) is 0 Å². The highest BCUT2D eigenvalue weighted by molar-refractivity contribution is 4.77. The standard InChI is InChI=1S/C9H17N5/c10-6-5-9-11-13-14(12-9)7-8-3-1-2-4-8/h8H,1-7,10H2. The predicted molar refractivity (Wildman–Crippen MR) is 52.5 cm³/mol. The second-order valence-electron chi connectivity index (χ2n) is 3.95. The minimum Gasteiger partial charge on any atom is -0.330 e. The van der Waals surface area contributed by atoms with Crippen LogP contribution in [0.5, 0.6) is 0 Å². The van der Waals surface area contributed by atoms with Crippen LogP contribution in [0.2, 0.25) is 0 Å². The first-order valence-corrected chi connectivity index (χ1v) is 5.35. The number of rotatable bonds is 4. The molecule has 1 aliphatic rings. The van der Waals surface area contributed by atoms with Crippen LogP contribution in [0.25, 0.3) is 0 Å². The molecule has 0 aliphatic heterocycles. The lowest BCUT2D eigenvalue weighted by molar-refractivity contribution is 0.388. The van der Waals surface area contributed by atoms with Crippen LogP contribution in [-0.2, 0) is 13.0 Å². The van der Waals surface area contributed by atoms with Crippen LogP contribution in [0, 0.1) is 5.92 Å². The van der Waals surface area contributed by atoms with Gasteiger partial charge in [0.1, 0.15) is 0 Å². The lowest BCUT2D eigenvalue weighted by atomic mass is 10.1. The Morgan fingerprint density at radius 2 is 2.14 bits per heavy atom. The summed E-state index contributed by atoms with van der Waals surface area (Å²) >= 11 is 0. The fourth-order valence-corrected chi connectivity index (χ4v) is 2.01. The molecule has 0 atom stereocenters. The summed E-state index contributed by atoms with van der Waals surface area (Å²) in [6.45, 7) is 1.52. The van der Waals surface area contributed by atoms with E-state index in [1.54, 1.807) is 4.80 Å². The molecule has 5 heteroatoms. The molecule has 1 aromatic rings. The molecule has 0 spiro atoms. The first kappa shape index (κ1) is 9.58. The molecule has 1 saturated carbocycles. The molecule has 14 heavy (non-hydrogen) atoms. The van der Waals surface area contributed by atoms with Crippen molar-refractivity contribution in [3.8, 4) is 0 Å². The maximum atomic E-state index is 5.42. The lowest BCUT2D eigenvalue weighted by Gasteiger charge is -2.05. The summed E-state index contributed by atoms with van der Waals surface area (Å²) in [5.41, 5.74) is 5.42. The van der Waals surface area contributed by atoms with Gasteiger partial charge in [-0.2, -0.15) is 4.80 Å². The van der Waals surface area contributed by atoms with Crippen LogP contribution < -0.4 is 5.73 Å². The van der Waals surface area contributed by atoms with Gasteiger partial charge in [0.2, 0.25) is 0 Å². The molecule has 0 amide bonds. The third-order valence-electron chi connectivity index (χ3n) is 2.76. The maximum Gasteiger partial charge on any atom is 0.176 e. The normalized spacial score (nSPS) is 17.8. The Bertz CT molecular complexity index is 276. The van der Waals surface area contributed by atoms with Gasteiger partial charge in [-0.25, -0.2) is 0 Å². The molecule has 1 aromatic heterocycles. The third-order valence-corrected chi connectivity index (χ3v) is 2.76. The molecule has 0 radical (unpaired) electrons. The smallest absolute Gasteiger partial charge is 0.176 e. The Morgan fingerprint density at radius 1 is 1.36 bits per heavy atom. The number of aromatic nitrogens is 4. The Balaban J connectivity index is 1.88. The van der Waals surface area contributed by atoms with Gasteiger partial charge in [-0.3, -0.25) is 0 Å². The van der Waals surface area contributed by atoms with Crippen molar-refractivity contribution in [3.05, 3.63) is 5.82 Å². The van der Waals surface area contributed by atoms with Gasteiger partial charge in [0, 0.05) is 6.42 Å². The number of hydrogen-bond acceptors (Lipinski definition) is 4. The zero-order chi connectivity index (χ0) is 9.80. The van der Waals surface area contributed by atoms with Gasteiger partial charge in [-0.05, 0) is 30.5 Å². The highest BCUT2D eigenvalue weighted by atomic mass is 15.6. The highest BCUT2D eigenvalue weighted by Crippen LogP contribution is 2.25. The Kier molecular flexibility index (Phi) is 3.08. The molecule has 0 unspecified atom stereocenters. The average molecular weight is 195 g/mol. The molecule has 0 aromatic carbocycles. The highest BCUT2D eigenvalue weighted by Gasteiger charge is 2.16. The molecule has 1 heterocycles. The van der Waals surface area contributed by atoms with E-state index in [0.717, 1.165) is 24.7 Å². The van der Waals surface area contributed by atoms with Gasteiger partial charge in [0.25, 0.3) is 0 Å². The second kappa shape index (κ2) is 4.50. The van der Waals surface area contributed by atoms with Crippen molar-refractivity contribution in [2.75, 3.05) is 6.54 Å². The summed E-state index contributed by atoms with van der Waals surface area (Å²) in [5, 5.41) is 12.2. The van der Waals surface area contributed by atoms with Crippen LogP contribution in [0.15, 0.2) is 0 Å². The summed E-state index contributed by atoms with van der Waals surface area (Å²) in [5.74, 6) is 1.53. The van der Waals surface area contributed by atoms with Crippen LogP contribution in [0.4, 0.5) is 0 Å². The summed E-state index contributed by atoms with van der Waals surface area (Å²) in [7, 11) is 0. The summed E-state index contributed by atoms with van der Waals surface area (Å²) in [4.78, 5) is 1.72. The van der Waals surface area contributed by atoms with Gasteiger partial charge < -0.3 is 5.73 Å². The fourth-order valence-electron chi connectivity index (χ4n) is 2.01. The van der Waals surface area contributed by atoms with Crippen LogP contribution in [0.1, 0.15) is 31.5 Å². The zero-order valence-electron chi connectivity index (χ0n) is 8.39. The molecule has 5 nitrogen and oxygen atoms in total. The van der Waals surface area contributed by atoms with Crippen LogP contribution in [-0.4, -0.2) is 26.8 Å². The quantitative estimate of drug-likeness (QED) is 0.753. The van der Waals surface area contributed by atoms with E-state index in [4.69, 9.17) is 5.73 Å².